The molecule has 0 spiro atoms. The van der Waals surface area contributed by atoms with Gasteiger partial charge in [-0.1, -0.05) is 27.7 Å². The summed E-state index contributed by atoms with van der Waals surface area (Å²) in [5.41, 5.74) is -0.917. The van der Waals surface area contributed by atoms with E-state index in [2.05, 4.69) is 41.5 Å². The van der Waals surface area contributed by atoms with Crippen LogP contribution in [-0.2, 0) is 23.7 Å². The van der Waals surface area contributed by atoms with Crippen LogP contribution in [-0.4, -0.2) is 21.4 Å². The molecular formula is C20H46O3Ti. The van der Waals surface area contributed by atoms with Gasteiger partial charge in [0.25, 0.3) is 0 Å². The summed E-state index contributed by atoms with van der Waals surface area (Å²) in [5, 5.41) is 17.7. The molecule has 0 aromatic carbocycles. The van der Waals surface area contributed by atoms with Crippen molar-refractivity contribution in [1.29, 1.82) is 0 Å². The maximum absolute atomic E-state index is 8.83. The van der Waals surface area contributed by atoms with Gasteiger partial charge < -0.3 is 22.0 Å². The predicted octanol–water partition coefficient (Wildman–Crippen LogP) is 6.23. The molecule has 4 heteroatoms. The van der Waals surface area contributed by atoms with E-state index in [1.54, 1.807) is 27.7 Å². The average molecular weight is 382 g/mol. The van der Waals surface area contributed by atoms with E-state index in [1.807, 2.05) is 13.8 Å². The van der Waals surface area contributed by atoms with Crippen molar-refractivity contribution in [2.45, 2.75) is 120 Å². The Morgan fingerprint density at radius 3 is 0.750 bits per heavy atom. The molecule has 2 N–H and O–H groups in total. The minimum atomic E-state index is -0.458. The molecule has 0 aliphatic heterocycles. The maximum atomic E-state index is 8.83. The standard InChI is InChI=1S/2C5H12O.2C5H11.O.Ti/c2*1-4-5(2,3)6;2*1-4-5(2)3;;/h2*6H,4H2,1-3H3;2*4H2,1-3H3;;/q;;2*-1;;+2. The predicted molar refractivity (Wildman–Crippen MR) is 104 cm³/mol. The van der Waals surface area contributed by atoms with Crippen LogP contribution in [0.15, 0.2) is 0 Å². The van der Waals surface area contributed by atoms with Crippen LogP contribution in [0.2, 0.25) is 0 Å². The molecule has 0 atom stereocenters. The fourth-order valence-corrected chi connectivity index (χ4v) is 0. The van der Waals surface area contributed by atoms with Crippen molar-refractivity contribution in [3.8, 4) is 0 Å². The van der Waals surface area contributed by atoms with Crippen LogP contribution in [0.1, 0.15) is 109 Å². The summed E-state index contributed by atoms with van der Waals surface area (Å²) in [6.45, 7) is 24.0. The van der Waals surface area contributed by atoms with Crippen LogP contribution in [0.3, 0.4) is 0 Å². The Labute approximate surface area is 165 Å². The third-order valence-corrected chi connectivity index (χ3v) is 3.14. The van der Waals surface area contributed by atoms with Crippen molar-refractivity contribution in [1.82, 2.24) is 0 Å². The zero-order valence-electron chi connectivity index (χ0n) is 18.6. The van der Waals surface area contributed by atoms with Gasteiger partial charge in [-0.3, -0.25) is 0 Å². The molecule has 0 aliphatic rings. The molecule has 0 fully saturated rings. The fraction of sp³-hybridized carbons (Fsp3) is 0.900. The molecule has 0 aromatic heterocycles. The molecule has 0 rings (SSSR count). The van der Waals surface area contributed by atoms with E-state index in [0.29, 0.717) is 0 Å². The van der Waals surface area contributed by atoms with Gasteiger partial charge in [-0.15, -0.1) is 0 Å². The molecule has 0 radical (unpaired) electrons. The van der Waals surface area contributed by atoms with Gasteiger partial charge in [0.1, 0.15) is 0 Å². The Morgan fingerprint density at radius 2 is 0.750 bits per heavy atom. The summed E-state index contributed by atoms with van der Waals surface area (Å²) in [6.07, 6.45) is 4.10. The molecule has 0 saturated heterocycles. The van der Waals surface area contributed by atoms with Crippen molar-refractivity contribution in [3.63, 3.8) is 0 Å². The van der Waals surface area contributed by atoms with Crippen LogP contribution < -0.4 is 0 Å². The molecule has 148 valence electrons. The normalized spacial score (nSPS) is 10.2. The van der Waals surface area contributed by atoms with E-state index in [-0.39, 0.29) is 0 Å². The van der Waals surface area contributed by atoms with Crippen LogP contribution in [0.4, 0.5) is 0 Å². The molecule has 0 unspecified atom stereocenters. The molecule has 0 aliphatic carbocycles. The third kappa shape index (κ3) is 94.7. The van der Waals surface area contributed by atoms with Crippen molar-refractivity contribution < 1.29 is 33.9 Å². The van der Waals surface area contributed by atoms with Gasteiger partial charge in [0.15, 0.2) is 0 Å². The van der Waals surface area contributed by atoms with E-state index in [0.717, 1.165) is 33.2 Å². The molecule has 0 aromatic rings. The van der Waals surface area contributed by atoms with Crippen LogP contribution in [0, 0.1) is 11.8 Å². The SMILES string of the molecule is CCC(C)(C)O.CCC(C)(C)O.CC[C-](C)C.CC[C-](C)C.[O]=[Ti+2]. The second-order valence-electron chi connectivity index (χ2n) is 7.45. The second kappa shape index (κ2) is 23.4. The summed E-state index contributed by atoms with van der Waals surface area (Å²) in [6, 6.07) is 0. The van der Waals surface area contributed by atoms with Crippen molar-refractivity contribution in [2.24, 2.45) is 0 Å². The van der Waals surface area contributed by atoms with Gasteiger partial charge >= 0.3 is 23.7 Å². The van der Waals surface area contributed by atoms with Gasteiger partial charge in [-0.05, 0) is 40.5 Å². The Bertz CT molecular complexity index is 182. The summed E-state index contributed by atoms with van der Waals surface area (Å²) in [7, 11) is 0. The van der Waals surface area contributed by atoms with Gasteiger partial charge in [0, 0.05) is 0 Å². The molecule has 0 saturated carbocycles. The topological polar surface area (TPSA) is 57.5 Å². The van der Waals surface area contributed by atoms with Crippen molar-refractivity contribution in [3.05, 3.63) is 11.8 Å². The third-order valence-electron chi connectivity index (χ3n) is 3.14. The Morgan fingerprint density at radius 1 is 0.667 bits per heavy atom. The number of rotatable bonds is 4. The summed E-state index contributed by atoms with van der Waals surface area (Å²) in [4.78, 5) is 0. The molecule has 3 nitrogen and oxygen atoms in total. The Kier molecular flexibility index (Phi) is 34.7. The number of hydrogen-bond donors (Lipinski definition) is 2. The first-order valence-corrected chi connectivity index (χ1v) is 9.53. The summed E-state index contributed by atoms with van der Waals surface area (Å²) < 4.78 is 8.25. The van der Waals surface area contributed by atoms with Crippen LogP contribution in [0.5, 0.6) is 0 Å². The van der Waals surface area contributed by atoms with E-state index in [9.17, 15) is 0 Å². The van der Waals surface area contributed by atoms with E-state index < -0.39 is 11.2 Å². The molecule has 0 amide bonds. The Hall–Kier alpha value is 0.434. The van der Waals surface area contributed by atoms with Crippen LogP contribution in [0.25, 0.3) is 0 Å². The molecule has 0 heterocycles. The Balaban J connectivity index is -0.0000000647. The van der Waals surface area contributed by atoms with E-state index >= 15 is 0 Å². The first-order valence-electron chi connectivity index (χ1n) is 8.89. The summed E-state index contributed by atoms with van der Waals surface area (Å²) in [5.74, 6) is 3.01. The zero-order valence-corrected chi connectivity index (χ0v) is 20.2. The monoisotopic (exact) mass is 382 g/mol. The summed E-state index contributed by atoms with van der Waals surface area (Å²) >= 11 is 0.750. The zero-order chi connectivity index (χ0) is 21.0. The first-order chi connectivity index (χ1) is 10.7. The van der Waals surface area contributed by atoms with Crippen molar-refractivity contribution >= 4 is 0 Å². The van der Waals surface area contributed by atoms with Gasteiger partial charge in [-0.25, -0.2) is 0 Å². The fourth-order valence-electron chi connectivity index (χ4n) is 0. The number of aliphatic hydroxyl groups is 2. The van der Waals surface area contributed by atoms with E-state index in [4.69, 9.17) is 13.5 Å². The minimum absolute atomic E-state index is 0.458. The van der Waals surface area contributed by atoms with Gasteiger partial charge in [0.05, 0.1) is 11.2 Å². The van der Waals surface area contributed by atoms with Crippen LogP contribution >= 0.6 is 0 Å². The molecule has 0 bridgehead atoms. The van der Waals surface area contributed by atoms with Gasteiger partial charge in [-0.2, -0.15) is 40.5 Å². The van der Waals surface area contributed by atoms with E-state index in [1.165, 1.54) is 24.7 Å². The quantitative estimate of drug-likeness (QED) is 0.447. The average Bonchev–Trinajstić information content (AvgIpc) is 2.49. The van der Waals surface area contributed by atoms with Crippen molar-refractivity contribution in [2.75, 3.05) is 0 Å². The molecule has 24 heavy (non-hydrogen) atoms. The second-order valence-corrected chi connectivity index (χ2v) is 7.45. The first kappa shape index (κ1) is 35.5. The number of hydrogen-bond acceptors (Lipinski definition) is 3. The molecular weight excluding hydrogens is 336 g/mol. The van der Waals surface area contributed by atoms with Gasteiger partial charge in [0.2, 0.25) is 0 Å².